The van der Waals surface area contributed by atoms with Gasteiger partial charge in [-0.25, -0.2) is 4.39 Å². The number of hydrogen-bond acceptors (Lipinski definition) is 2. The van der Waals surface area contributed by atoms with E-state index in [0.717, 1.165) is 5.56 Å². The van der Waals surface area contributed by atoms with Crippen LogP contribution in [0.1, 0.15) is 15.9 Å². The summed E-state index contributed by atoms with van der Waals surface area (Å²) in [7, 11) is 0. The molecule has 0 radical (unpaired) electrons. The molecule has 0 fully saturated rings. The van der Waals surface area contributed by atoms with Crippen molar-refractivity contribution in [2.75, 3.05) is 5.32 Å². The van der Waals surface area contributed by atoms with Crippen molar-refractivity contribution in [3.63, 3.8) is 0 Å². The predicted molar refractivity (Wildman–Crippen MR) is 74.9 cm³/mol. The van der Waals surface area contributed by atoms with Crippen molar-refractivity contribution in [2.45, 2.75) is 6.92 Å². The number of halogens is 2. The van der Waals surface area contributed by atoms with E-state index in [0.29, 0.717) is 5.69 Å². The Bertz CT molecular complexity index is 643. The van der Waals surface area contributed by atoms with E-state index in [1.54, 1.807) is 12.1 Å². The fourth-order valence-corrected chi connectivity index (χ4v) is 1.98. The van der Waals surface area contributed by atoms with Crippen molar-refractivity contribution in [1.29, 1.82) is 0 Å². The number of aromatic hydroxyl groups is 1. The predicted octanol–water partition coefficient (Wildman–Crippen LogP) is 3.85. The van der Waals surface area contributed by atoms with Crippen molar-refractivity contribution < 1.29 is 14.3 Å². The molecule has 0 atom stereocenters. The van der Waals surface area contributed by atoms with Crippen LogP contribution in [-0.2, 0) is 0 Å². The molecule has 98 valence electrons. The fraction of sp³-hybridized carbons (Fsp3) is 0.0714. The van der Waals surface area contributed by atoms with Gasteiger partial charge in [0.25, 0.3) is 5.91 Å². The van der Waals surface area contributed by atoms with Gasteiger partial charge >= 0.3 is 0 Å². The second-order valence-corrected chi connectivity index (χ2v) is 4.96. The van der Waals surface area contributed by atoms with Crippen LogP contribution in [0.2, 0.25) is 0 Å². The first-order chi connectivity index (χ1) is 8.97. The Morgan fingerprint density at radius 3 is 2.63 bits per heavy atom. The number of amides is 1. The molecule has 3 nitrogen and oxygen atoms in total. The number of rotatable bonds is 2. The molecule has 1 amide bonds. The molecule has 0 spiro atoms. The minimum Gasteiger partial charge on any atom is -0.507 e. The number of benzene rings is 2. The van der Waals surface area contributed by atoms with Crippen molar-refractivity contribution in [1.82, 2.24) is 0 Å². The zero-order valence-electron chi connectivity index (χ0n) is 10.1. The van der Waals surface area contributed by atoms with Crippen LogP contribution < -0.4 is 5.32 Å². The molecule has 2 rings (SSSR count). The van der Waals surface area contributed by atoms with Gasteiger partial charge in [0.15, 0.2) is 0 Å². The summed E-state index contributed by atoms with van der Waals surface area (Å²) in [4.78, 5) is 12.0. The first-order valence-electron chi connectivity index (χ1n) is 5.53. The van der Waals surface area contributed by atoms with Crippen molar-refractivity contribution >= 4 is 27.5 Å². The maximum atomic E-state index is 13.1. The first-order valence-corrected chi connectivity index (χ1v) is 6.32. The molecule has 0 saturated heterocycles. The summed E-state index contributed by atoms with van der Waals surface area (Å²) in [5, 5.41) is 12.3. The number of phenols is 1. The lowest BCUT2D eigenvalue weighted by Gasteiger charge is -2.08. The molecule has 5 heteroatoms. The molecular formula is C14H11BrFNO2. The van der Waals surface area contributed by atoms with Crippen LogP contribution in [0.5, 0.6) is 5.75 Å². The maximum absolute atomic E-state index is 13.1. The van der Waals surface area contributed by atoms with Gasteiger partial charge in [0.1, 0.15) is 11.6 Å². The second-order valence-electron chi connectivity index (χ2n) is 4.10. The quantitative estimate of drug-likeness (QED) is 0.881. The summed E-state index contributed by atoms with van der Waals surface area (Å²) in [5.41, 5.74) is 1.47. The third-order valence-electron chi connectivity index (χ3n) is 2.58. The number of nitrogens with one attached hydrogen (secondary N) is 1. The van der Waals surface area contributed by atoms with E-state index in [1.807, 2.05) is 6.92 Å². The van der Waals surface area contributed by atoms with Gasteiger partial charge in [0.05, 0.1) is 10.0 Å². The molecule has 0 aliphatic rings. The van der Waals surface area contributed by atoms with Gasteiger partial charge in [0, 0.05) is 5.69 Å². The van der Waals surface area contributed by atoms with Crippen LogP contribution in [0.15, 0.2) is 40.9 Å². The number of carbonyl (C=O) groups is 1. The van der Waals surface area contributed by atoms with Crippen LogP contribution in [0.25, 0.3) is 0 Å². The minimum absolute atomic E-state index is 0.0846. The van der Waals surface area contributed by atoms with Gasteiger partial charge in [0.2, 0.25) is 0 Å². The van der Waals surface area contributed by atoms with Crippen LogP contribution in [0.3, 0.4) is 0 Å². The summed E-state index contributed by atoms with van der Waals surface area (Å²) in [6.45, 7) is 1.82. The van der Waals surface area contributed by atoms with Gasteiger partial charge in [-0.2, -0.15) is 0 Å². The van der Waals surface area contributed by atoms with Crippen LogP contribution in [-0.4, -0.2) is 11.0 Å². The number of phenolic OH excluding ortho intramolecular Hbond substituents is 1. The molecule has 2 N–H and O–H groups in total. The molecule has 0 aliphatic carbocycles. The number of anilines is 1. The minimum atomic E-state index is -0.448. The molecule has 0 heterocycles. The third kappa shape index (κ3) is 3.12. The molecule has 0 aromatic heterocycles. The van der Waals surface area contributed by atoms with Crippen molar-refractivity contribution in [3.8, 4) is 5.75 Å². The van der Waals surface area contributed by atoms with E-state index in [-0.39, 0.29) is 15.8 Å². The smallest absolute Gasteiger partial charge is 0.259 e. The van der Waals surface area contributed by atoms with E-state index in [1.165, 1.54) is 24.3 Å². The average molecular weight is 324 g/mol. The molecule has 0 aliphatic heterocycles. The summed E-state index contributed by atoms with van der Waals surface area (Å²) < 4.78 is 13.3. The number of aryl methyl sites for hydroxylation is 1. The Morgan fingerprint density at radius 1 is 1.26 bits per heavy atom. The molecule has 2 aromatic carbocycles. The number of carbonyl (C=O) groups excluding carboxylic acids is 1. The first kappa shape index (κ1) is 13.5. The Kier molecular flexibility index (Phi) is 3.85. The third-order valence-corrected chi connectivity index (χ3v) is 3.18. The zero-order valence-corrected chi connectivity index (χ0v) is 11.7. The van der Waals surface area contributed by atoms with Gasteiger partial charge in [-0.05, 0) is 58.7 Å². The molecular weight excluding hydrogens is 313 g/mol. The van der Waals surface area contributed by atoms with Gasteiger partial charge in [-0.15, -0.1) is 0 Å². The summed E-state index contributed by atoms with van der Waals surface area (Å²) in [6.07, 6.45) is 0. The zero-order chi connectivity index (χ0) is 14.0. The second kappa shape index (κ2) is 5.40. The summed E-state index contributed by atoms with van der Waals surface area (Å²) in [5.74, 6) is -0.939. The summed E-state index contributed by atoms with van der Waals surface area (Å²) in [6, 6.07) is 8.93. The standard InChI is InChI=1S/C14H11BrFNO2/c1-8-2-4-10(13(18)6-8)14(19)17-9-3-5-12(16)11(15)7-9/h2-7,18H,1H3,(H,17,19). The van der Waals surface area contributed by atoms with Gasteiger partial charge in [-0.1, -0.05) is 6.07 Å². The lowest BCUT2D eigenvalue weighted by molar-refractivity contribution is 0.102. The SMILES string of the molecule is Cc1ccc(C(=O)Nc2ccc(F)c(Br)c2)c(O)c1. The van der Waals surface area contributed by atoms with E-state index < -0.39 is 11.7 Å². The molecule has 0 saturated carbocycles. The summed E-state index contributed by atoms with van der Waals surface area (Å²) >= 11 is 3.04. The Hall–Kier alpha value is -1.88. The Labute approximate surface area is 118 Å². The topological polar surface area (TPSA) is 49.3 Å². The van der Waals surface area contributed by atoms with Crippen molar-refractivity contribution in [2.24, 2.45) is 0 Å². The fourth-order valence-electron chi connectivity index (χ4n) is 1.61. The highest BCUT2D eigenvalue weighted by atomic mass is 79.9. The monoisotopic (exact) mass is 323 g/mol. The van der Waals surface area contributed by atoms with Crippen LogP contribution in [0.4, 0.5) is 10.1 Å². The Morgan fingerprint density at radius 2 is 2.00 bits per heavy atom. The van der Waals surface area contributed by atoms with E-state index in [9.17, 15) is 14.3 Å². The normalized spacial score (nSPS) is 10.3. The molecule has 19 heavy (non-hydrogen) atoms. The Balaban J connectivity index is 2.23. The lowest BCUT2D eigenvalue weighted by Crippen LogP contribution is -2.12. The highest BCUT2D eigenvalue weighted by Gasteiger charge is 2.12. The van der Waals surface area contributed by atoms with Gasteiger partial charge < -0.3 is 10.4 Å². The van der Waals surface area contributed by atoms with Gasteiger partial charge in [-0.3, -0.25) is 4.79 Å². The highest BCUT2D eigenvalue weighted by molar-refractivity contribution is 9.10. The molecule has 0 unspecified atom stereocenters. The average Bonchev–Trinajstić information content (AvgIpc) is 2.33. The molecule has 0 bridgehead atoms. The van der Waals surface area contributed by atoms with Crippen LogP contribution >= 0.6 is 15.9 Å². The van der Waals surface area contributed by atoms with Crippen LogP contribution in [0, 0.1) is 12.7 Å². The van der Waals surface area contributed by atoms with E-state index in [4.69, 9.17) is 0 Å². The van der Waals surface area contributed by atoms with Crippen molar-refractivity contribution in [3.05, 3.63) is 57.8 Å². The maximum Gasteiger partial charge on any atom is 0.259 e. The van der Waals surface area contributed by atoms with E-state index >= 15 is 0 Å². The molecule has 2 aromatic rings. The lowest BCUT2D eigenvalue weighted by atomic mass is 10.1. The largest absolute Gasteiger partial charge is 0.507 e. The number of hydrogen-bond donors (Lipinski definition) is 2. The van der Waals surface area contributed by atoms with E-state index in [2.05, 4.69) is 21.2 Å². The highest BCUT2D eigenvalue weighted by Crippen LogP contribution is 2.23.